The molecular formula is C20H28N4O3S2. The van der Waals surface area contributed by atoms with E-state index in [-0.39, 0.29) is 5.91 Å². The van der Waals surface area contributed by atoms with Crippen molar-refractivity contribution in [3.05, 3.63) is 34.8 Å². The van der Waals surface area contributed by atoms with Gasteiger partial charge in [-0.15, -0.1) is 10.2 Å². The largest absolute Gasteiger partial charge is 0.301 e. The number of amides is 1. The lowest BCUT2D eigenvalue weighted by molar-refractivity contribution is -0.116. The zero-order valence-corrected chi connectivity index (χ0v) is 18.4. The summed E-state index contributed by atoms with van der Waals surface area (Å²) in [5.41, 5.74) is 0.929. The number of anilines is 1. The summed E-state index contributed by atoms with van der Waals surface area (Å²) >= 11 is 1.42. The fraction of sp³-hybridized carbons (Fsp3) is 0.550. The van der Waals surface area contributed by atoms with Gasteiger partial charge in [0.15, 0.2) is 0 Å². The van der Waals surface area contributed by atoms with E-state index in [0.717, 1.165) is 49.1 Å². The fourth-order valence-electron chi connectivity index (χ4n) is 3.26. The third kappa shape index (κ3) is 6.07. The molecule has 2 heterocycles. The lowest BCUT2D eigenvalue weighted by Crippen LogP contribution is -2.35. The van der Waals surface area contributed by atoms with Crippen LogP contribution in [0, 0.1) is 0 Å². The Balaban J connectivity index is 1.50. The van der Waals surface area contributed by atoms with E-state index in [1.807, 2.05) is 0 Å². The van der Waals surface area contributed by atoms with E-state index in [4.69, 9.17) is 0 Å². The van der Waals surface area contributed by atoms with Crippen LogP contribution in [0.25, 0.3) is 0 Å². The molecule has 0 unspecified atom stereocenters. The second-order valence-corrected chi connectivity index (χ2v) is 10.3. The second kappa shape index (κ2) is 10.3. The number of unbranched alkanes of at least 4 members (excludes halogenated alkanes) is 1. The molecule has 0 aliphatic carbocycles. The molecule has 2 aromatic rings. The van der Waals surface area contributed by atoms with Crippen molar-refractivity contribution in [1.29, 1.82) is 0 Å². The monoisotopic (exact) mass is 436 g/mol. The number of aromatic nitrogens is 2. The first-order valence-corrected chi connectivity index (χ1v) is 12.5. The maximum absolute atomic E-state index is 12.7. The van der Waals surface area contributed by atoms with E-state index in [0.29, 0.717) is 36.0 Å². The molecule has 29 heavy (non-hydrogen) atoms. The van der Waals surface area contributed by atoms with Crippen LogP contribution in [0.3, 0.4) is 0 Å². The van der Waals surface area contributed by atoms with Crippen molar-refractivity contribution in [2.75, 3.05) is 18.4 Å². The molecule has 1 aliphatic heterocycles. The molecule has 0 atom stereocenters. The van der Waals surface area contributed by atoms with E-state index in [2.05, 4.69) is 22.4 Å². The maximum Gasteiger partial charge on any atom is 0.243 e. The number of piperidine rings is 1. The Morgan fingerprint density at radius 1 is 1.10 bits per heavy atom. The molecule has 158 valence electrons. The molecule has 1 fully saturated rings. The van der Waals surface area contributed by atoms with Gasteiger partial charge in [0.05, 0.1) is 4.90 Å². The van der Waals surface area contributed by atoms with Crippen molar-refractivity contribution in [2.45, 2.75) is 63.2 Å². The van der Waals surface area contributed by atoms with Gasteiger partial charge >= 0.3 is 0 Å². The van der Waals surface area contributed by atoms with Gasteiger partial charge in [-0.3, -0.25) is 4.79 Å². The summed E-state index contributed by atoms with van der Waals surface area (Å²) in [5, 5.41) is 12.4. The number of hydrogen-bond donors (Lipinski definition) is 1. The van der Waals surface area contributed by atoms with Crippen molar-refractivity contribution in [3.8, 4) is 0 Å². The molecule has 0 saturated carbocycles. The predicted octanol–water partition coefficient (Wildman–Crippen LogP) is 3.63. The lowest BCUT2D eigenvalue weighted by Gasteiger charge is -2.25. The Hall–Kier alpha value is -1.84. The molecule has 1 aromatic carbocycles. The molecule has 9 heteroatoms. The normalized spacial score (nSPS) is 15.3. The molecule has 1 aromatic heterocycles. The van der Waals surface area contributed by atoms with Crippen molar-refractivity contribution in [3.63, 3.8) is 0 Å². The summed E-state index contributed by atoms with van der Waals surface area (Å²) in [6.07, 6.45) is 6.81. The average Bonchev–Trinajstić information content (AvgIpc) is 3.19. The van der Waals surface area contributed by atoms with Crippen LogP contribution >= 0.6 is 11.3 Å². The molecular weight excluding hydrogens is 408 g/mol. The number of carbonyl (C=O) groups is 1. The number of nitrogens with zero attached hydrogens (tertiary/aromatic N) is 3. The summed E-state index contributed by atoms with van der Waals surface area (Å²) < 4.78 is 26.9. The first kappa shape index (κ1) is 21.9. The molecule has 7 nitrogen and oxygen atoms in total. The minimum absolute atomic E-state index is 0.117. The van der Waals surface area contributed by atoms with Gasteiger partial charge in [0.25, 0.3) is 0 Å². The van der Waals surface area contributed by atoms with Crippen LogP contribution in [0.15, 0.2) is 29.2 Å². The fourth-order valence-corrected chi connectivity index (χ4v) is 5.57. The first-order chi connectivity index (χ1) is 14.0. The van der Waals surface area contributed by atoms with Crippen LogP contribution in [0.1, 0.15) is 56.0 Å². The van der Waals surface area contributed by atoms with Crippen LogP contribution in [0.5, 0.6) is 0 Å². The van der Waals surface area contributed by atoms with Crippen molar-refractivity contribution < 1.29 is 13.2 Å². The summed E-state index contributed by atoms with van der Waals surface area (Å²) in [6, 6.07) is 6.86. The number of sulfonamides is 1. The number of carbonyl (C=O) groups excluding carboxylic acids is 1. The van der Waals surface area contributed by atoms with Crippen molar-refractivity contribution >= 4 is 32.4 Å². The van der Waals surface area contributed by atoms with Gasteiger partial charge in [-0.05, 0) is 43.4 Å². The Kier molecular flexibility index (Phi) is 7.74. The number of benzene rings is 1. The topological polar surface area (TPSA) is 92.3 Å². The first-order valence-electron chi connectivity index (χ1n) is 10.2. The quantitative estimate of drug-likeness (QED) is 0.648. The molecule has 1 N–H and O–H groups in total. The van der Waals surface area contributed by atoms with Gasteiger partial charge in [0, 0.05) is 25.9 Å². The standard InChI is InChI=1S/C20H28N4O3S2/c1-2-3-7-19-22-23-20(28-19)21-18(25)13-10-16-8-11-17(12-9-16)29(26,27)24-14-5-4-6-15-24/h8-9,11-12H,2-7,10,13-15H2,1H3,(H,21,23,25). The van der Waals surface area contributed by atoms with E-state index >= 15 is 0 Å². The molecule has 0 radical (unpaired) electrons. The van der Waals surface area contributed by atoms with E-state index in [1.165, 1.54) is 11.3 Å². The highest BCUT2D eigenvalue weighted by Crippen LogP contribution is 2.21. The highest BCUT2D eigenvalue weighted by atomic mass is 32.2. The summed E-state index contributed by atoms with van der Waals surface area (Å²) in [7, 11) is -3.42. The highest BCUT2D eigenvalue weighted by Gasteiger charge is 2.25. The number of aryl methyl sites for hydroxylation is 2. The maximum atomic E-state index is 12.7. The van der Waals surface area contributed by atoms with Crippen LogP contribution < -0.4 is 5.32 Å². The van der Waals surface area contributed by atoms with Gasteiger partial charge in [-0.25, -0.2) is 8.42 Å². The minimum Gasteiger partial charge on any atom is -0.301 e. The zero-order chi connectivity index (χ0) is 20.7. The Morgan fingerprint density at radius 3 is 2.52 bits per heavy atom. The summed E-state index contributed by atoms with van der Waals surface area (Å²) in [5.74, 6) is -0.117. The summed E-state index contributed by atoms with van der Waals surface area (Å²) in [6.45, 7) is 3.31. The van der Waals surface area contributed by atoms with Crippen LogP contribution in [-0.2, 0) is 27.7 Å². The molecule has 1 saturated heterocycles. The van der Waals surface area contributed by atoms with Crippen molar-refractivity contribution in [1.82, 2.24) is 14.5 Å². The minimum atomic E-state index is -3.42. The predicted molar refractivity (Wildman–Crippen MR) is 115 cm³/mol. The number of nitrogens with one attached hydrogen (secondary N) is 1. The van der Waals surface area contributed by atoms with Gasteiger partial charge in [-0.2, -0.15) is 4.31 Å². The van der Waals surface area contributed by atoms with Gasteiger partial charge < -0.3 is 5.32 Å². The van der Waals surface area contributed by atoms with Crippen molar-refractivity contribution in [2.24, 2.45) is 0 Å². The Morgan fingerprint density at radius 2 is 1.83 bits per heavy atom. The van der Waals surface area contributed by atoms with E-state index in [9.17, 15) is 13.2 Å². The second-order valence-electron chi connectivity index (χ2n) is 7.26. The zero-order valence-electron chi connectivity index (χ0n) is 16.8. The molecule has 0 bridgehead atoms. The third-order valence-electron chi connectivity index (χ3n) is 4.97. The van der Waals surface area contributed by atoms with Gasteiger partial charge in [0.2, 0.25) is 21.1 Å². The molecule has 3 rings (SSSR count). The number of rotatable bonds is 9. The third-order valence-corrected chi connectivity index (χ3v) is 7.79. The number of hydrogen-bond acceptors (Lipinski definition) is 6. The highest BCUT2D eigenvalue weighted by molar-refractivity contribution is 7.89. The van der Waals surface area contributed by atoms with E-state index < -0.39 is 10.0 Å². The lowest BCUT2D eigenvalue weighted by atomic mass is 10.1. The molecule has 0 spiro atoms. The Labute approximate surface area is 176 Å². The smallest absolute Gasteiger partial charge is 0.243 e. The Bertz CT molecular complexity index is 904. The SMILES string of the molecule is CCCCc1nnc(NC(=O)CCc2ccc(S(=O)(=O)N3CCCCC3)cc2)s1. The molecule has 1 amide bonds. The van der Waals surface area contributed by atoms with Gasteiger partial charge in [0.1, 0.15) is 5.01 Å². The van der Waals surface area contributed by atoms with Crippen LogP contribution in [0.2, 0.25) is 0 Å². The van der Waals surface area contributed by atoms with Gasteiger partial charge in [-0.1, -0.05) is 43.2 Å². The van der Waals surface area contributed by atoms with E-state index in [1.54, 1.807) is 28.6 Å². The van der Waals surface area contributed by atoms with Crippen LogP contribution in [-0.4, -0.2) is 41.9 Å². The average molecular weight is 437 g/mol. The van der Waals surface area contributed by atoms with Crippen LogP contribution in [0.4, 0.5) is 5.13 Å². The molecule has 1 aliphatic rings. The summed E-state index contributed by atoms with van der Waals surface area (Å²) in [4.78, 5) is 12.5.